The molecule has 0 radical (unpaired) electrons. The Morgan fingerprint density at radius 2 is 1.68 bits per heavy atom. The van der Waals surface area contributed by atoms with E-state index in [4.69, 9.17) is 0 Å². The normalized spacial score (nSPS) is 14.9. The summed E-state index contributed by atoms with van der Waals surface area (Å²) in [6, 6.07) is 21.0. The first kappa shape index (κ1) is 18.0. The molecule has 1 saturated heterocycles. The van der Waals surface area contributed by atoms with Gasteiger partial charge in [-0.1, -0.05) is 30.3 Å². The first-order chi connectivity index (χ1) is 13.7. The Kier molecular flexibility index (Phi) is 5.24. The zero-order valence-corrected chi connectivity index (χ0v) is 15.6. The first-order valence-electron chi connectivity index (χ1n) is 9.58. The highest BCUT2D eigenvalue weighted by molar-refractivity contribution is 5.94. The molecule has 5 heteroatoms. The van der Waals surface area contributed by atoms with Crippen LogP contribution >= 0.6 is 0 Å². The zero-order chi connectivity index (χ0) is 19.3. The third-order valence-electron chi connectivity index (χ3n) is 5.11. The number of carbonyl (C=O) groups excluding carboxylic acids is 2. The van der Waals surface area contributed by atoms with E-state index in [0.717, 1.165) is 24.2 Å². The van der Waals surface area contributed by atoms with Crippen molar-refractivity contribution in [3.05, 3.63) is 90.3 Å². The molecule has 1 aromatic heterocycles. The van der Waals surface area contributed by atoms with Gasteiger partial charge in [-0.3, -0.25) is 9.59 Å². The number of rotatable bonds is 6. The summed E-state index contributed by atoms with van der Waals surface area (Å²) in [5.41, 5.74) is 2.60. The number of benzene rings is 2. The minimum atomic E-state index is -0.236. The van der Waals surface area contributed by atoms with Crippen LogP contribution in [0.1, 0.15) is 34.8 Å². The quantitative estimate of drug-likeness (QED) is 0.718. The minimum absolute atomic E-state index is 0.139. The van der Waals surface area contributed by atoms with E-state index in [1.165, 1.54) is 0 Å². The number of likely N-dealkylation sites (tertiary alicyclic amines) is 1. The monoisotopic (exact) mass is 373 g/mol. The van der Waals surface area contributed by atoms with E-state index in [9.17, 15) is 9.59 Å². The summed E-state index contributed by atoms with van der Waals surface area (Å²) in [4.78, 5) is 26.8. The van der Waals surface area contributed by atoms with Crippen LogP contribution in [0.15, 0.2) is 79.1 Å². The molecule has 4 rings (SSSR count). The molecule has 2 aromatic carbocycles. The highest BCUT2D eigenvalue weighted by atomic mass is 16.2. The number of nitrogens with zero attached hydrogens (tertiary/aromatic N) is 2. The molecule has 0 spiro atoms. The van der Waals surface area contributed by atoms with Gasteiger partial charge in [-0.05, 0) is 48.4 Å². The number of amides is 2. The second-order valence-corrected chi connectivity index (χ2v) is 7.02. The molecule has 1 aliphatic heterocycles. The third kappa shape index (κ3) is 3.98. The fraction of sp³-hybridized carbons (Fsp3) is 0.217. The molecule has 0 bridgehead atoms. The van der Waals surface area contributed by atoms with Crippen molar-refractivity contribution in [3.8, 4) is 5.69 Å². The van der Waals surface area contributed by atoms with E-state index in [1.807, 2.05) is 88.6 Å². The molecule has 2 amide bonds. The van der Waals surface area contributed by atoms with E-state index >= 15 is 0 Å². The highest BCUT2D eigenvalue weighted by Gasteiger charge is 2.25. The zero-order valence-electron chi connectivity index (χ0n) is 15.6. The Labute approximate surface area is 164 Å². The molecular weight excluding hydrogens is 350 g/mol. The molecule has 0 unspecified atom stereocenters. The maximum atomic E-state index is 12.9. The molecule has 1 fully saturated rings. The van der Waals surface area contributed by atoms with E-state index in [0.29, 0.717) is 18.5 Å². The van der Waals surface area contributed by atoms with E-state index in [1.54, 1.807) is 0 Å². The number of aromatic nitrogens is 1. The van der Waals surface area contributed by atoms with Crippen LogP contribution in [0.25, 0.3) is 5.69 Å². The van der Waals surface area contributed by atoms with Crippen LogP contribution in [-0.2, 0) is 4.79 Å². The van der Waals surface area contributed by atoms with Crippen LogP contribution in [-0.4, -0.2) is 34.4 Å². The van der Waals surface area contributed by atoms with Gasteiger partial charge in [0.15, 0.2) is 0 Å². The smallest absolute Gasteiger partial charge is 0.251 e. The van der Waals surface area contributed by atoms with Crippen LogP contribution in [0.4, 0.5) is 0 Å². The van der Waals surface area contributed by atoms with Gasteiger partial charge in [0.25, 0.3) is 5.91 Å². The average Bonchev–Trinajstić information content (AvgIpc) is 3.41. The van der Waals surface area contributed by atoms with Crippen molar-refractivity contribution in [1.82, 2.24) is 14.8 Å². The first-order valence-corrected chi connectivity index (χ1v) is 9.58. The summed E-state index contributed by atoms with van der Waals surface area (Å²) in [6.07, 6.45) is 5.41. The molecule has 0 saturated carbocycles. The van der Waals surface area contributed by atoms with Crippen molar-refractivity contribution in [2.45, 2.75) is 18.9 Å². The maximum absolute atomic E-state index is 12.9. The molecule has 0 aliphatic carbocycles. The maximum Gasteiger partial charge on any atom is 0.251 e. The number of hydrogen-bond acceptors (Lipinski definition) is 2. The van der Waals surface area contributed by atoms with Crippen molar-refractivity contribution in [2.75, 3.05) is 13.1 Å². The van der Waals surface area contributed by atoms with Crippen LogP contribution in [0, 0.1) is 0 Å². The van der Waals surface area contributed by atoms with Crippen molar-refractivity contribution in [1.29, 1.82) is 0 Å². The Hall–Kier alpha value is -3.34. The lowest BCUT2D eigenvalue weighted by molar-refractivity contribution is -0.128. The van der Waals surface area contributed by atoms with Crippen molar-refractivity contribution < 1.29 is 9.59 Å². The molecule has 28 heavy (non-hydrogen) atoms. The SMILES string of the molecule is O=C(N[C@@H](CN1CCCC1=O)c1ccccc1)c1ccc(-n2cccc2)cc1. The summed E-state index contributed by atoms with van der Waals surface area (Å²) >= 11 is 0. The summed E-state index contributed by atoms with van der Waals surface area (Å²) in [5, 5.41) is 3.11. The van der Waals surface area contributed by atoms with Gasteiger partial charge in [-0.2, -0.15) is 0 Å². The van der Waals surface area contributed by atoms with E-state index < -0.39 is 0 Å². The summed E-state index contributed by atoms with van der Waals surface area (Å²) in [5.74, 6) is 0.0193. The molecule has 5 nitrogen and oxygen atoms in total. The molecule has 2 heterocycles. The van der Waals surface area contributed by atoms with E-state index in [-0.39, 0.29) is 17.9 Å². The minimum Gasteiger partial charge on any atom is -0.343 e. The van der Waals surface area contributed by atoms with Crippen molar-refractivity contribution in [3.63, 3.8) is 0 Å². The Bertz CT molecular complexity index is 934. The molecule has 142 valence electrons. The number of nitrogens with one attached hydrogen (secondary N) is 1. The van der Waals surface area contributed by atoms with Gasteiger partial charge in [0, 0.05) is 43.2 Å². The van der Waals surface area contributed by atoms with Gasteiger partial charge in [-0.25, -0.2) is 0 Å². The van der Waals surface area contributed by atoms with Gasteiger partial charge < -0.3 is 14.8 Å². The highest BCUT2D eigenvalue weighted by Crippen LogP contribution is 2.19. The van der Waals surface area contributed by atoms with Crippen LogP contribution in [0.5, 0.6) is 0 Å². The van der Waals surface area contributed by atoms with E-state index in [2.05, 4.69) is 5.32 Å². The fourth-order valence-corrected chi connectivity index (χ4v) is 3.57. The van der Waals surface area contributed by atoms with Crippen LogP contribution < -0.4 is 5.32 Å². The van der Waals surface area contributed by atoms with Crippen LogP contribution in [0.2, 0.25) is 0 Å². The predicted molar refractivity (Wildman–Crippen MR) is 108 cm³/mol. The molecule has 1 aliphatic rings. The van der Waals surface area contributed by atoms with Crippen molar-refractivity contribution in [2.24, 2.45) is 0 Å². The predicted octanol–water partition coefficient (Wildman–Crippen LogP) is 3.57. The second kappa shape index (κ2) is 8.13. The van der Waals surface area contributed by atoms with Crippen LogP contribution in [0.3, 0.4) is 0 Å². The van der Waals surface area contributed by atoms with Gasteiger partial charge in [0.05, 0.1) is 6.04 Å². The average molecular weight is 373 g/mol. The van der Waals surface area contributed by atoms with Gasteiger partial charge in [0.1, 0.15) is 0 Å². The molecule has 1 atom stereocenters. The molecular formula is C23H23N3O2. The summed E-state index contributed by atoms with van der Waals surface area (Å²) in [7, 11) is 0. The van der Waals surface area contributed by atoms with Gasteiger partial charge in [0.2, 0.25) is 5.91 Å². The summed E-state index contributed by atoms with van der Waals surface area (Å²) < 4.78 is 1.99. The number of carbonyl (C=O) groups is 2. The summed E-state index contributed by atoms with van der Waals surface area (Å²) in [6.45, 7) is 1.25. The van der Waals surface area contributed by atoms with Gasteiger partial charge >= 0.3 is 0 Å². The molecule has 3 aromatic rings. The topological polar surface area (TPSA) is 54.3 Å². The molecule has 1 N–H and O–H groups in total. The third-order valence-corrected chi connectivity index (χ3v) is 5.11. The lowest BCUT2D eigenvalue weighted by Crippen LogP contribution is -2.38. The Balaban J connectivity index is 1.50. The van der Waals surface area contributed by atoms with Crippen molar-refractivity contribution >= 4 is 11.8 Å². The van der Waals surface area contributed by atoms with Gasteiger partial charge in [-0.15, -0.1) is 0 Å². The largest absolute Gasteiger partial charge is 0.343 e. The Morgan fingerprint density at radius 3 is 2.32 bits per heavy atom. The number of hydrogen-bond donors (Lipinski definition) is 1. The standard InChI is InChI=1S/C23H23N3O2/c27-22-9-6-16-26(22)17-21(18-7-2-1-3-8-18)24-23(28)19-10-12-20(13-11-19)25-14-4-5-15-25/h1-5,7-8,10-15,21H,6,9,16-17H2,(H,24,28)/t21-/m0/s1. The lowest BCUT2D eigenvalue weighted by atomic mass is 10.1. The lowest BCUT2D eigenvalue weighted by Gasteiger charge is -2.25. The fourth-order valence-electron chi connectivity index (χ4n) is 3.57. The second-order valence-electron chi connectivity index (χ2n) is 7.02. The Morgan fingerprint density at radius 1 is 0.964 bits per heavy atom.